The van der Waals surface area contributed by atoms with Crippen LogP contribution in [0.2, 0.25) is 0 Å². The Hall–Kier alpha value is -1.65. The van der Waals surface area contributed by atoms with Gasteiger partial charge in [-0.05, 0) is 49.9 Å². The lowest BCUT2D eigenvalue weighted by atomic mass is 10.1. The number of imidazole rings is 1. The van der Waals surface area contributed by atoms with Crippen molar-refractivity contribution in [3.8, 4) is 0 Å². The van der Waals surface area contributed by atoms with Crippen molar-refractivity contribution in [1.29, 1.82) is 0 Å². The number of nitrogens with two attached hydrogens (primary N) is 1. The minimum atomic E-state index is 0.00553. The molecule has 0 bridgehead atoms. The number of nitrogens with zero attached hydrogens (tertiary/aromatic N) is 2. The molecule has 2 N–H and O–H groups in total. The number of aromatic nitrogens is 2. The molecule has 2 aromatic heterocycles. The summed E-state index contributed by atoms with van der Waals surface area (Å²) in [6.45, 7) is 7.23. The van der Waals surface area contributed by atoms with E-state index in [4.69, 9.17) is 10.7 Å². The first kappa shape index (κ1) is 14.3. The predicted octanol–water partition coefficient (Wildman–Crippen LogP) is 3.90. The van der Waals surface area contributed by atoms with Crippen LogP contribution in [0.3, 0.4) is 0 Å². The zero-order valence-electron chi connectivity index (χ0n) is 12.8. The average molecular weight is 299 g/mol. The Balaban J connectivity index is 2.17. The summed E-state index contributed by atoms with van der Waals surface area (Å²) in [5, 5.41) is 2.12. The minimum absolute atomic E-state index is 0.00553. The molecule has 3 aromatic rings. The van der Waals surface area contributed by atoms with Crippen LogP contribution in [0.15, 0.2) is 35.7 Å². The number of hydrogen-bond donors (Lipinski definition) is 1. The summed E-state index contributed by atoms with van der Waals surface area (Å²) >= 11 is 1.78. The second kappa shape index (κ2) is 5.28. The number of rotatable bonds is 3. The van der Waals surface area contributed by atoms with E-state index in [0.717, 1.165) is 23.3 Å². The molecule has 2 heterocycles. The standard InChI is InChI=1S/C17H21N3S/c1-17(2,3)20-15-7-6-12(11-18)9-14(15)19-16(20)10-13-5-4-8-21-13/h4-9H,10-11,18H2,1-3H3. The third-order valence-corrected chi connectivity index (χ3v) is 4.48. The van der Waals surface area contributed by atoms with Gasteiger partial charge in [0.15, 0.2) is 0 Å². The zero-order chi connectivity index (χ0) is 15.0. The third kappa shape index (κ3) is 2.74. The van der Waals surface area contributed by atoms with Crippen molar-refractivity contribution in [2.45, 2.75) is 39.3 Å². The fraction of sp³-hybridized carbons (Fsp3) is 0.353. The van der Waals surface area contributed by atoms with Crippen LogP contribution in [0, 0.1) is 0 Å². The number of thiophene rings is 1. The van der Waals surface area contributed by atoms with Crippen LogP contribution in [-0.2, 0) is 18.5 Å². The first-order chi connectivity index (χ1) is 9.99. The molecule has 0 aliphatic heterocycles. The molecule has 0 atom stereocenters. The predicted molar refractivity (Wildman–Crippen MR) is 89.7 cm³/mol. The molecule has 0 unspecified atom stereocenters. The maximum Gasteiger partial charge on any atom is 0.115 e. The van der Waals surface area contributed by atoms with Gasteiger partial charge in [0.1, 0.15) is 5.82 Å². The molecule has 0 aliphatic carbocycles. The summed E-state index contributed by atoms with van der Waals surface area (Å²) in [4.78, 5) is 6.22. The van der Waals surface area contributed by atoms with Gasteiger partial charge in [-0.2, -0.15) is 0 Å². The highest BCUT2D eigenvalue weighted by Gasteiger charge is 2.21. The van der Waals surface area contributed by atoms with Crippen molar-refractivity contribution >= 4 is 22.4 Å². The molecule has 0 aliphatic rings. The van der Waals surface area contributed by atoms with Crippen molar-refractivity contribution in [2.75, 3.05) is 0 Å². The van der Waals surface area contributed by atoms with Crippen LogP contribution in [0.5, 0.6) is 0 Å². The Kier molecular flexibility index (Phi) is 3.59. The van der Waals surface area contributed by atoms with E-state index in [2.05, 4.69) is 61.1 Å². The van der Waals surface area contributed by atoms with Crippen molar-refractivity contribution in [1.82, 2.24) is 9.55 Å². The van der Waals surface area contributed by atoms with Crippen molar-refractivity contribution in [3.63, 3.8) is 0 Å². The van der Waals surface area contributed by atoms with Gasteiger partial charge in [0.05, 0.1) is 11.0 Å². The van der Waals surface area contributed by atoms with Gasteiger partial charge in [-0.15, -0.1) is 11.3 Å². The summed E-state index contributed by atoms with van der Waals surface area (Å²) in [6.07, 6.45) is 0.877. The third-order valence-electron chi connectivity index (χ3n) is 3.61. The summed E-state index contributed by atoms with van der Waals surface area (Å²) in [5.74, 6) is 1.12. The maximum absolute atomic E-state index is 5.75. The summed E-state index contributed by atoms with van der Waals surface area (Å²) < 4.78 is 2.35. The van der Waals surface area contributed by atoms with E-state index in [1.165, 1.54) is 10.4 Å². The second-order valence-corrected chi connectivity index (χ2v) is 7.35. The Morgan fingerprint density at radius 3 is 2.67 bits per heavy atom. The highest BCUT2D eigenvalue weighted by Crippen LogP contribution is 2.28. The molecule has 1 aromatic carbocycles. The van der Waals surface area contributed by atoms with E-state index >= 15 is 0 Å². The largest absolute Gasteiger partial charge is 0.326 e. The SMILES string of the molecule is CC(C)(C)n1c(Cc2cccs2)nc2cc(CN)ccc21. The summed E-state index contributed by atoms with van der Waals surface area (Å²) in [5.41, 5.74) is 9.11. The summed E-state index contributed by atoms with van der Waals surface area (Å²) in [6, 6.07) is 10.6. The van der Waals surface area contributed by atoms with E-state index < -0.39 is 0 Å². The number of hydrogen-bond acceptors (Lipinski definition) is 3. The molecule has 0 radical (unpaired) electrons. The molecule has 0 saturated carbocycles. The van der Waals surface area contributed by atoms with E-state index in [1.807, 2.05) is 0 Å². The fourth-order valence-corrected chi connectivity index (χ4v) is 3.44. The first-order valence-electron chi connectivity index (χ1n) is 7.22. The average Bonchev–Trinajstić information content (AvgIpc) is 3.03. The Labute approximate surface area is 129 Å². The second-order valence-electron chi connectivity index (χ2n) is 6.32. The van der Waals surface area contributed by atoms with E-state index in [9.17, 15) is 0 Å². The minimum Gasteiger partial charge on any atom is -0.326 e. The molecule has 0 spiro atoms. The highest BCUT2D eigenvalue weighted by molar-refractivity contribution is 7.09. The van der Waals surface area contributed by atoms with E-state index in [-0.39, 0.29) is 5.54 Å². The fourth-order valence-electron chi connectivity index (χ4n) is 2.74. The molecule has 21 heavy (non-hydrogen) atoms. The van der Waals surface area contributed by atoms with E-state index in [1.54, 1.807) is 11.3 Å². The van der Waals surface area contributed by atoms with Gasteiger partial charge < -0.3 is 10.3 Å². The molecule has 3 nitrogen and oxygen atoms in total. The number of benzene rings is 1. The molecule has 3 rings (SSSR count). The lowest BCUT2D eigenvalue weighted by Gasteiger charge is -2.24. The van der Waals surface area contributed by atoms with Crippen molar-refractivity contribution in [3.05, 3.63) is 52.0 Å². The Bertz CT molecular complexity index is 748. The number of fused-ring (bicyclic) bond motifs is 1. The quantitative estimate of drug-likeness (QED) is 0.797. The zero-order valence-corrected chi connectivity index (χ0v) is 13.6. The molecule has 0 saturated heterocycles. The van der Waals surface area contributed by atoms with Crippen molar-refractivity contribution < 1.29 is 0 Å². The molecule has 0 fully saturated rings. The molecule has 0 amide bonds. The monoisotopic (exact) mass is 299 g/mol. The van der Waals surface area contributed by atoms with Gasteiger partial charge in [-0.3, -0.25) is 0 Å². The molecule has 110 valence electrons. The van der Waals surface area contributed by atoms with Crippen LogP contribution >= 0.6 is 11.3 Å². The topological polar surface area (TPSA) is 43.8 Å². The Morgan fingerprint density at radius 2 is 2.05 bits per heavy atom. The first-order valence-corrected chi connectivity index (χ1v) is 8.10. The van der Waals surface area contributed by atoms with Crippen LogP contribution < -0.4 is 5.73 Å². The lowest BCUT2D eigenvalue weighted by Crippen LogP contribution is -2.24. The van der Waals surface area contributed by atoms with Crippen LogP contribution in [0.1, 0.15) is 37.0 Å². The lowest BCUT2D eigenvalue weighted by molar-refractivity contribution is 0.396. The molecular weight excluding hydrogens is 278 g/mol. The summed E-state index contributed by atoms with van der Waals surface area (Å²) in [7, 11) is 0. The van der Waals surface area contributed by atoms with Crippen molar-refractivity contribution in [2.24, 2.45) is 5.73 Å². The van der Waals surface area contributed by atoms with Crippen LogP contribution in [0.25, 0.3) is 11.0 Å². The van der Waals surface area contributed by atoms with Gasteiger partial charge in [-0.1, -0.05) is 12.1 Å². The van der Waals surface area contributed by atoms with Gasteiger partial charge in [-0.25, -0.2) is 4.98 Å². The molecule has 4 heteroatoms. The van der Waals surface area contributed by atoms with Gasteiger partial charge in [0, 0.05) is 23.4 Å². The maximum atomic E-state index is 5.75. The van der Waals surface area contributed by atoms with Gasteiger partial charge in [0.2, 0.25) is 0 Å². The highest BCUT2D eigenvalue weighted by atomic mass is 32.1. The smallest absolute Gasteiger partial charge is 0.115 e. The Morgan fingerprint density at radius 1 is 1.24 bits per heavy atom. The normalized spacial score (nSPS) is 12.2. The van der Waals surface area contributed by atoms with Gasteiger partial charge in [0.25, 0.3) is 0 Å². The van der Waals surface area contributed by atoms with Crippen LogP contribution in [0.4, 0.5) is 0 Å². The van der Waals surface area contributed by atoms with Crippen LogP contribution in [-0.4, -0.2) is 9.55 Å². The molecular formula is C17H21N3S. The van der Waals surface area contributed by atoms with E-state index in [0.29, 0.717) is 6.54 Å². The van der Waals surface area contributed by atoms with Gasteiger partial charge >= 0.3 is 0 Å².